The molecule has 0 bridgehead atoms. The fourth-order valence-corrected chi connectivity index (χ4v) is 2.44. The number of nitrogens with two attached hydrogens (primary N) is 1. The largest absolute Gasteiger partial charge is 0.375 e. The van der Waals surface area contributed by atoms with Gasteiger partial charge in [-0.15, -0.1) is 11.3 Å². The minimum absolute atomic E-state index is 0.0869. The minimum atomic E-state index is 0.0869. The topological polar surface area (TPSA) is 48.1 Å². The van der Waals surface area contributed by atoms with Gasteiger partial charge in [-0.1, -0.05) is 13.3 Å². The van der Waals surface area contributed by atoms with Crippen LogP contribution in [0, 0.1) is 0 Å². The van der Waals surface area contributed by atoms with Gasteiger partial charge in [-0.25, -0.2) is 4.98 Å². The Bertz CT molecular complexity index is 288. The molecule has 0 radical (unpaired) electrons. The van der Waals surface area contributed by atoms with Gasteiger partial charge in [0.1, 0.15) is 11.1 Å². The van der Waals surface area contributed by atoms with Crippen LogP contribution >= 0.6 is 11.3 Å². The third-order valence-electron chi connectivity index (χ3n) is 2.58. The van der Waals surface area contributed by atoms with Crippen molar-refractivity contribution in [3.8, 4) is 0 Å². The van der Waals surface area contributed by atoms with E-state index in [2.05, 4.69) is 17.3 Å². The number of aromatic nitrogens is 1. The number of hydrogen-bond acceptors (Lipinski definition) is 4. The maximum Gasteiger partial charge on any atom is 0.121 e. The molecule has 0 aliphatic carbocycles. The fourth-order valence-electron chi connectivity index (χ4n) is 1.51. The van der Waals surface area contributed by atoms with Gasteiger partial charge in [-0.3, -0.25) is 0 Å². The number of rotatable bonds is 6. The number of methoxy groups -OCH3 is 1. The first-order chi connectivity index (χ1) is 7.22. The summed E-state index contributed by atoms with van der Waals surface area (Å²) in [5, 5.41) is 3.15. The van der Waals surface area contributed by atoms with Gasteiger partial charge < -0.3 is 10.5 Å². The maximum atomic E-state index is 5.74. The number of hydrogen-bond donors (Lipinski definition) is 1. The summed E-state index contributed by atoms with van der Waals surface area (Å²) in [5.74, 6) is 0.407. The second-order valence-corrected chi connectivity index (χ2v) is 4.60. The zero-order valence-electron chi connectivity index (χ0n) is 9.69. The van der Waals surface area contributed by atoms with Gasteiger partial charge >= 0.3 is 0 Å². The molecule has 2 atom stereocenters. The van der Waals surface area contributed by atoms with E-state index >= 15 is 0 Å². The fraction of sp³-hybridized carbons (Fsp3) is 0.727. The molecule has 0 amide bonds. The number of ether oxygens (including phenoxy) is 1. The van der Waals surface area contributed by atoms with E-state index in [1.807, 2.05) is 6.92 Å². The molecule has 4 heteroatoms. The Morgan fingerprint density at radius 2 is 2.33 bits per heavy atom. The summed E-state index contributed by atoms with van der Waals surface area (Å²) < 4.78 is 5.24. The van der Waals surface area contributed by atoms with Gasteiger partial charge in [0.25, 0.3) is 0 Å². The monoisotopic (exact) mass is 228 g/mol. The second kappa shape index (κ2) is 6.20. The Balaban J connectivity index is 2.72. The molecule has 1 aromatic rings. The van der Waals surface area contributed by atoms with Crippen LogP contribution in [0.3, 0.4) is 0 Å². The molecule has 1 heterocycles. The predicted octanol–water partition coefficient (Wildman–Crippen LogP) is 2.69. The lowest BCUT2D eigenvalue weighted by molar-refractivity contribution is 0.119. The van der Waals surface area contributed by atoms with Gasteiger partial charge in [0.2, 0.25) is 0 Å². The lowest BCUT2D eigenvalue weighted by Crippen LogP contribution is -2.12. The molecule has 0 aliphatic rings. The minimum Gasteiger partial charge on any atom is -0.375 e. The molecule has 0 saturated carbocycles. The van der Waals surface area contributed by atoms with E-state index in [9.17, 15) is 0 Å². The summed E-state index contributed by atoms with van der Waals surface area (Å²) in [6.07, 6.45) is 2.35. The molecule has 15 heavy (non-hydrogen) atoms. The van der Waals surface area contributed by atoms with Gasteiger partial charge in [-0.05, 0) is 13.3 Å². The third-order valence-corrected chi connectivity index (χ3v) is 3.61. The van der Waals surface area contributed by atoms with Crippen molar-refractivity contribution < 1.29 is 4.74 Å². The molecule has 1 aromatic heterocycles. The van der Waals surface area contributed by atoms with Gasteiger partial charge in [0.15, 0.2) is 0 Å². The van der Waals surface area contributed by atoms with E-state index in [-0.39, 0.29) is 6.10 Å². The van der Waals surface area contributed by atoms with Gasteiger partial charge in [0.05, 0.1) is 5.69 Å². The molecular weight excluding hydrogens is 208 g/mol. The quantitative estimate of drug-likeness (QED) is 0.814. The molecule has 0 saturated heterocycles. The van der Waals surface area contributed by atoms with Gasteiger partial charge in [-0.2, -0.15) is 0 Å². The Kier molecular flexibility index (Phi) is 5.22. The molecule has 2 unspecified atom stereocenters. The predicted molar refractivity (Wildman–Crippen MR) is 64.2 cm³/mol. The van der Waals surface area contributed by atoms with Crippen LogP contribution in [-0.4, -0.2) is 18.6 Å². The van der Waals surface area contributed by atoms with Crippen LogP contribution in [0.5, 0.6) is 0 Å². The Morgan fingerprint density at radius 3 is 2.87 bits per heavy atom. The molecule has 0 aromatic carbocycles. The van der Waals surface area contributed by atoms with Crippen molar-refractivity contribution in [2.45, 2.75) is 38.7 Å². The van der Waals surface area contributed by atoms with E-state index in [1.54, 1.807) is 18.4 Å². The number of thiazole rings is 1. The molecule has 0 aliphatic heterocycles. The highest BCUT2D eigenvalue weighted by Crippen LogP contribution is 2.26. The summed E-state index contributed by atoms with van der Waals surface area (Å²) >= 11 is 1.66. The normalized spacial score (nSPS) is 15.2. The van der Waals surface area contributed by atoms with Crippen LogP contribution < -0.4 is 5.73 Å². The third kappa shape index (κ3) is 3.26. The lowest BCUT2D eigenvalue weighted by atomic mass is 10.0. The molecule has 86 valence electrons. The van der Waals surface area contributed by atoms with Crippen LogP contribution in [0.15, 0.2) is 5.38 Å². The SMILES string of the molecule is CCCC(CN)c1csc(C(C)OC)n1. The molecule has 0 fully saturated rings. The summed E-state index contributed by atoms with van der Waals surface area (Å²) in [5.41, 5.74) is 6.87. The van der Waals surface area contributed by atoms with Crippen molar-refractivity contribution in [3.05, 3.63) is 16.1 Å². The first-order valence-corrected chi connectivity index (χ1v) is 6.29. The Hall–Kier alpha value is -0.450. The summed E-state index contributed by atoms with van der Waals surface area (Å²) in [7, 11) is 1.71. The smallest absolute Gasteiger partial charge is 0.121 e. The summed E-state index contributed by atoms with van der Waals surface area (Å²) in [6, 6.07) is 0. The zero-order valence-corrected chi connectivity index (χ0v) is 10.5. The molecular formula is C11H20N2OS. The van der Waals surface area contributed by atoms with E-state index in [0.29, 0.717) is 12.5 Å². The Morgan fingerprint density at radius 1 is 1.60 bits per heavy atom. The number of nitrogens with zero attached hydrogens (tertiary/aromatic N) is 1. The van der Waals surface area contributed by atoms with Crippen LogP contribution in [0.25, 0.3) is 0 Å². The van der Waals surface area contributed by atoms with Crippen molar-refractivity contribution in [1.29, 1.82) is 0 Å². The van der Waals surface area contributed by atoms with Crippen LogP contribution in [0.1, 0.15) is 49.4 Å². The lowest BCUT2D eigenvalue weighted by Gasteiger charge is -2.10. The van der Waals surface area contributed by atoms with Crippen molar-refractivity contribution in [2.24, 2.45) is 5.73 Å². The van der Waals surface area contributed by atoms with Crippen LogP contribution in [0.4, 0.5) is 0 Å². The van der Waals surface area contributed by atoms with Crippen LogP contribution in [0.2, 0.25) is 0 Å². The average molecular weight is 228 g/mol. The molecule has 0 spiro atoms. The van der Waals surface area contributed by atoms with Crippen molar-refractivity contribution in [3.63, 3.8) is 0 Å². The highest BCUT2D eigenvalue weighted by Gasteiger charge is 2.15. The van der Waals surface area contributed by atoms with Gasteiger partial charge in [0, 0.05) is 25.0 Å². The van der Waals surface area contributed by atoms with E-state index in [1.165, 1.54) is 0 Å². The Labute approximate surface area is 95.7 Å². The van der Waals surface area contributed by atoms with E-state index in [0.717, 1.165) is 23.5 Å². The highest BCUT2D eigenvalue weighted by molar-refractivity contribution is 7.09. The van der Waals surface area contributed by atoms with E-state index in [4.69, 9.17) is 10.5 Å². The summed E-state index contributed by atoms with van der Waals surface area (Å²) in [6.45, 7) is 4.87. The highest BCUT2D eigenvalue weighted by atomic mass is 32.1. The van der Waals surface area contributed by atoms with Crippen molar-refractivity contribution >= 4 is 11.3 Å². The molecule has 3 nitrogen and oxygen atoms in total. The van der Waals surface area contributed by atoms with Crippen molar-refractivity contribution in [1.82, 2.24) is 4.98 Å². The standard InChI is InChI=1S/C11H20N2OS/c1-4-5-9(6-12)10-7-15-11(13-10)8(2)14-3/h7-9H,4-6,12H2,1-3H3. The van der Waals surface area contributed by atoms with Crippen LogP contribution in [-0.2, 0) is 4.74 Å². The second-order valence-electron chi connectivity index (χ2n) is 3.71. The average Bonchev–Trinajstić information content (AvgIpc) is 2.73. The first kappa shape index (κ1) is 12.6. The molecule has 2 N–H and O–H groups in total. The van der Waals surface area contributed by atoms with E-state index < -0.39 is 0 Å². The summed E-state index contributed by atoms with van der Waals surface area (Å²) in [4.78, 5) is 4.58. The molecule has 1 rings (SSSR count). The maximum absolute atomic E-state index is 5.74. The zero-order chi connectivity index (χ0) is 11.3. The van der Waals surface area contributed by atoms with Crippen molar-refractivity contribution in [2.75, 3.05) is 13.7 Å². The first-order valence-electron chi connectivity index (χ1n) is 5.41.